The minimum atomic E-state index is -1.10. The number of anilines is 1. The second-order valence-corrected chi connectivity index (χ2v) is 6.61. The summed E-state index contributed by atoms with van der Waals surface area (Å²) in [5.41, 5.74) is 0.583. The van der Waals surface area contributed by atoms with Crippen molar-refractivity contribution < 1.29 is 33.3 Å². The molecule has 166 valence electrons. The van der Waals surface area contributed by atoms with E-state index < -0.39 is 30.4 Å². The van der Waals surface area contributed by atoms with E-state index in [1.807, 2.05) is 0 Å². The van der Waals surface area contributed by atoms with Crippen LogP contribution < -0.4 is 24.8 Å². The van der Waals surface area contributed by atoms with Gasteiger partial charge in [0.05, 0.1) is 32.0 Å². The number of esters is 1. The zero-order valence-electron chi connectivity index (χ0n) is 17.5. The first kappa shape index (κ1) is 23.8. The fourth-order valence-corrected chi connectivity index (χ4v) is 2.74. The molecular formula is C21H23ClN2O7. The molecule has 0 saturated carbocycles. The van der Waals surface area contributed by atoms with Gasteiger partial charge in [-0.3, -0.25) is 14.4 Å². The first-order valence-electron chi connectivity index (χ1n) is 9.13. The first-order chi connectivity index (χ1) is 14.8. The number of benzene rings is 2. The van der Waals surface area contributed by atoms with E-state index in [1.165, 1.54) is 40.4 Å². The Balaban J connectivity index is 1.94. The van der Waals surface area contributed by atoms with Crippen LogP contribution in [0.25, 0.3) is 0 Å². The summed E-state index contributed by atoms with van der Waals surface area (Å²) in [6.07, 6.45) is -1.10. The molecule has 1 atom stereocenters. The highest BCUT2D eigenvalue weighted by Gasteiger charge is 2.21. The molecule has 2 amide bonds. The second-order valence-electron chi connectivity index (χ2n) is 6.20. The summed E-state index contributed by atoms with van der Waals surface area (Å²) in [7, 11) is 4.29. The van der Waals surface area contributed by atoms with E-state index in [-0.39, 0.29) is 5.56 Å². The highest BCUT2D eigenvalue weighted by Crippen LogP contribution is 2.38. The quantitative estimate of drug-likeness (QED) is 0.565. The van der Waals surface area contributed by atoms with E-state index in [2.05, 4.69) is 10.6 Å². The van der Waals surface area contributed by atoms with Crippen LogP contribution in [0.4, 0.5) is 5.69 Å². The Kier molecular flexibility index (Phi) is 8.51. The number of halogens is 1. The van der Waals surface area contributed by atoms with Crippen molar-refractivity contribution in [1.29, 1.82) is 0 Å². The van der Waals surface area contributed by atoms with Gasteiger partial charge in [-0.15, -0.1) is 0 Å². The van der Waals surface area contributed by atoms with E-state index in [0.29, 0.717) is 28.0 Å². The molecule has 0 aliphatic carbocycles. The average molecular weight is 451 g/mol. The molecule has 0 aliphatic rings. The van der Waals surface area contributed by atoms with Crippen molar-refractivity contribution in [3.63, 3.8) is 0 Å². The molecular weight excluding hydrogens is 428 g/mol. The van der Waals surface area contributed by atoms with Gasteiger partial charge in [0, 0.05) is 5.56 Å². The van der Waals surface area contributed by atoms with E-state index in [9.17, 15) is 14.4 Å². The van der Waals surface area contributed by atoms with Crippen molar-refractivity contribution in [3.8, 4) is 17.2 Å². The van der Waals surface area contributed by atoms with Gasteiger partial charge in [0.2, 0.25) is 5.75 Å². The fourth-order valence-electron chi connectivity index (χ4n) is 2.56. The molecule has 10 heteroatoms. The zero-order chi connectivity index (χ0) is 23.0. The van der Waals surface area contributed by atoms with Crippen molar-refractivity contribution in [3.05, 3.63) is 47.0 Å². The largest absolute Gasteiger partial charge is 0.493 e. The lowest BCUT2D eigenvalue weighted by atomic mass is 10.1. The minimum Gasteiger partial charge on any atom is -0.493 e. The van der Waals surface area contributed by atoms with Crippen LogP contribution in [-0.2, 0) is 14.3 Å². The lowest BCUT2D eigenvalue weighted by Gasteiger charge is -2.15. The van der Waals surface area contributed by atoms with Crippen molar-refractivity contribution in [2.75, 3.05) is 33.2 Å². The molecule has 0 fully saturated rings. The molecule has 31 heavy (non-hydrogen) atoms. The van der Waals surface area contributed by atoms with Crippen LogP contribution in [0.15, 0.2) is 36.4 Å². The van der Waals surface area contributed by atoms with E-state index in [1.54, 1.807) is 24.3 Å². The molecule has 0 aliphatic heterocycles. The SMILES string of the molecule is COc1cc(C(=O)NCC(=O)OC(C)C(=O)Nc2ccccc2Cl)cc(OC)c1OC. The van der Waals surface area contributed by atoms with Crippen LogP contribution in [0.3, 0.4) is 0 Å². The third kappa shape index (κ3) is 6.26. The molecule has 0 spiro atoms. The minimum absolute atomic E-state index is 0.187. The predicted octanol–water partition coefficient (Wildman–Crippen LogP) is 2.67. The molecule has 2 aromatic rings. The smallest absolute Gasteiger partial charge is 0.326 e. The molecule has 1 unspecified atom stereocenters. The zero-order valence-corrected chi connectivity index (χ0v) is 18.2. The number of hydrogen-bond donors (Lipinski definition) is 2. The predicted molar refractivity (Wildman–Crippen MR) is 114 cm³/mol. The average Bonchev–Trinajstić information content (AvgIpc) is 2.77. The summed E-state index contributed by atoms with van der Waals surface area (Å²) in [5, 5.41) is 5.34. The Morgan fingerprint density at radius 2 is 1.61 bits per heavy atom. The number of amides is 2. The highest BCUT2D eigenvalue weighted by molar-refractivity contribution is 6.33. The Hall–Kier alpha value is -3.46. The molecule has 9 nitrogen and oxygen atoms in total. The summed E-state index contributed by atoms with van der Waals surface area (Å²) in [6.45, 7) is 0.963. The van der Waals surface area contributed by atoms with Gasteiger partial charge in [0.15, 0.2) is 17.6 Å². The normalized spacial score (nSPS) is 11.1. The van der Waals surface area contributed by atoms with Gasteiger partial charge < -0.3 is 29.6 Å². The third-order valence-electron chi connectivity index (χ3n) is 4.13. The highest BCUT2D eigenvalue weighted by atomic mass is 35.5. The number of carbonyl (C=O) groups is 3. The number of hydrogen-bond acceptors (Lipinski definition) is 7. The summed E-state index contributed by atoms with van der Waals surface area (Å²) in [6, 6.07) is 9.55. The number of ether oxygens (including phenoxy) is 4. The van der Waals surface area contributed by atoms with Crippen LogP contribution in [-0.4, -0.2) is 51.8 Å². The standard InChI is InChI=1S/C21H23ClN2O7/c1-12(20(26)24-15-8-6-5-7-14(15)22)31-18(25)11-23-21(27)13-9-16(28-2)19(30-4)17(10-13)29-3/h5-10,12H,11H2,1-4H3,(H,23,27)(H,24,26). The molecule has 0 radical (unpaired) electrons. The van der Waals surface area contributed by atoms with E-state index >= 15 is 0 Å². The van der Waals surface area contributed by atoms with E-state index in [0.717, 1.165) is 0 Å². The third-order valence-corrected chi connectivity index (χ3v) is 4.46. The van der Waals surface area contributed by atoms with Gasteiger partial charge in [0.1, 0.15) is 6.54 Å². The summed E-state index contributed by atoms with van der Waals surface area (Å²) in [4.78, 5) is 36.7. The number of nitrogens with one attached hydrogen (secondary N) is 2. The molecule has 2 rings (SSSR count). The molecule has 0 bridgehead atoms. The van der Waals surface area contributed by atoms with Gasteiger partial charge in [-0.1, -0.05) is 23.7 Å². The van der Waals surface area contributed by atoms with Gasteiger partial charge in [0.25, 0.3) is 11.8 Å². The maximum atomic E-state index is 12.4. The number of rotatable bonds is 9. The van der Waals surface area contributed by atoms with Crippen molar-refractivity contribution in [2.45, 2.75) is 13.0 Å². The lowest BCUT2D eigenvalue weighted by molar-refractivity contribution is -0.152. The number of para-hydroxylation sites is 1. The lowest BCUT2D eigenvalue weighted by Crippen LogP contribution is -2.35. The monoisotopic (exact) mass is 450 g/mol. The molecule has 0 heterocycles. The topological polar surface area (TPSA) is 112 Å². The number of carbonyl (C=O) groups excluding carboxylic acids is 3. The Morgan fingerprint density at radius 1 is 1.00 bits per heavy atom. The Bertz CT molecular complexity index is 939. The Morgan fingerprint density at radius 3 is 2.16 bits per heavy atom. The van der Waals surface area contributed by atoms with Crippen LogP contribution in [0.5, 0.6) is 17.2 Å². The number of methoxy groups -OCH3 is 3. The maximum Gasteiger partial charge on any atom is 0.326 e. The van der Waals surface area contributed by atoms with Crippen LogP contribution >= 0.6 is 11.6 Å². The van der Waals surface area contributed by atoms with E-state index in [4.69, 9.17) is 30.5 Å². The molecule has 0 aromatic heterocycles. The van der Waals surface area contributed by atoms with Gasteiger partial charge in [-0.25, -0.2) is 0 Å². The van der Waals surface area contributed by atoms with Gasteiger partial charge in [-0.2, -0.15) is 0 Å². The van der Waals surface area contributed by atoms with Crippen molar-refractivity contribution >= 4 is 35.1 Å². The summed E-state index contributed by atoms with van der Waals surface area (Å²) >= 11 is 5.99. The van der Waals surface area contributed by atoms with Gasteiger partial charge in [-0.05, 0) is 31.2 Å². The Labute approximate surface area is 184 Å². The fraction of sp³-hybridized carbons (Fsp3) is 0.286. The summed E-state index contributed by atoms with van der Waals surface area (Å²) < 4.78 is 20.7. The van der Waals surface area contributed by atoms with Crippen LogP contribution in [0, 0.1) is 0 Å². The van der Waals surface area contributed by atoms with Crippen molar-refractivity contribution in [2.24, 2.45) is 0 Å². The van der Waals surface area contributed by atoms with Crippen LogP contribution in [0.2, 0.25) is 5.02 Å². The van der Waals surface area contributed by atoms with Crippen molar-refractivity contribution in [1.82, 2.24) is 5.32 Å². The maximum absolute atomic E-state index is 12.4. The molecule has 2 N–H and O–H groups in total. The van der Waals surface area contributed by atoms with Gasteiger partial charge >= 0.3 is 5.97 Å². The molecule has 0 saturated heterocycles. The summed E-state index contributed by atoms with van der Waals surface area (Å²) in [5.74, 6) is -0.998. The second kappa shape index (κ2) is 11.1. The molecule has 2 aromatic carbocycles. The van der Waals surface area contributed by atoms with Crippen LogP contribution in [0.1, 0.15) is 17.3 Å². The first-order valence-corrected chi connectivity index (χ1v) is 9.51.